The van der Waals surface area contributed by atoms with Crippen LogP contribution in [0.15, 0.2) is 0 Å². The quantitative estimate of drug-likeness (QED) is 0.569. The minimum Gasteiger partial charge on any atom is -0.383 e. The van der Waals surface area contributed by atoms with Gasteiger partial charge in [0.1, 0.15) is 6.04 Å². The second-order valence-corrected chi connectivity index (χ2v) is 4.08. The van der Waals surface area contributed by atoms with Crippen molar-refractivity contribution in [1.29, 1.82) is 0 Å². The number of hydrogen-bond donors (Lipinski definition) is 3. The Morgan fingerprint density at radius 1 is 1.50 bits per heavy atom. The summed E-state index contributed by atoms with van der Waals surface area (Å²) in [5, 5.41) is 8.45. The van der Waals surface area contributed by atoms with Gasteiger partial charge in [-0.2, -0.15) is 0 Å². The number of carbonyl (C=O) groups excluding carboxylic acids is 2. The van der Waals surface area contributed by atoms with E-state index in [1.54, 1.807) is 7.11 Å². The average molecular weight is 280 g/mol. The Kier molecular flexibility index (Phi) is 9.63. The van der Waals surface area contributed by atoms with Crippen LogP contribution in [-0.4, -0.2) is 51.2 Å². The van der Waals surface area contributed by atoms with E-state index in [1.165, 1.54) is 0 Å². The Labute approximate surface area is 114 Å². The molecule has 0 aromatic heterocycles. The van der Waals surface area contributed by atoms with Gasteiger partial charge in [-0.25, -0.2) is 0 Å². The molecule has 0 saturated carbocycles. The van der Waals surface area contributed by atoms with Gasteiger partial charge in [-0.05, 0) is 19.3 Å². The summed E-state index contributed by atoms with van der Waals surface area (Å²) in [6.45, 7) is 2.11. The molecule has 1 saturated heterocycles. The number of hydrogen-bond acceptors (Lipinski definition) is 4. The van der Waals surface area contributed by atoms with Crippen molar-refractivity contribution in [2.24, 2.45) is 0 Å². The third-order valence-electron chi connectivity index (χ3n) is 2.64. The van der Waals surface area contributed by atoms with E-state index in [1.807, 2.05) is 0 Å². The summed E-state index contributed by atoms with van der Waals surface area (Å²) in [5.41, 5.74) is 0. The third kappa shape index (κ3) is 6.78. The predicted molar refractivity (Wildman–Crippen MR) is 70.8 cm³/mol. The van der Waals surface area contributed by atoms with Crippen LogP contribution >= 0.6 is 12.4 Å². The molecular weight excluding hydrogens is 258 g/mol. The summed E-state index contributed by atoms with van der Waals surface area (Å²) < 4.78 is 4.85. The zero-order valence-electron chi connectivity index (χ0n) is 10.7. The van der Waals surface area contributed by atoms with Gasteiger partial charge in [0.25, 0.3) is 0 Å². The molecule has 1 atom stereocenters. The molecule has 1 aliphatic heterocycles. The van der Waals surface area contributed by atoms with Gasteiger partial charge in [0.15, 0.2) is 0 Å². The summed E-state index contributed by atoms with van der Waals surface area (Å²) in [4.78, 5) is 23.1. The predicted octanol–water partition coefficient (Wildman–Crippen LogP) is -0.571. The van der Waals surface area contributed by atoms with Crippen LogP contribution in [0.25, 0.3) is 0 Å². The van der Waals surface area contributed by atoms with Crippen LogP contribution in [0.2, 0.25) is 0 Å². The van der Waals surface area contributed by atoms with Crippen LogP contribution in [0.3, 0.4) is 0 Å². The molecule has 1 fully saturated rings. The first-order chi connectivity index (χ1) is 8.24. The molecule has 7 heteroatoms. The molecule has 3 N–H and O–H groups in total. The van der Waals surface area contributed by atoms with Gasteiger partial charge in [-0.3, -0.25) is 9.59 Å². The van der Waals surface area contributed by atoms with Crippen LogP contribution in [0, 0.1) is 0 Å². The standard InChI is InChI=1S/C11H21N3O3.ClH/c1-17-7-6-12-8-10(15)14-9-4-2-3-5-13-11(9)16;/h9,12H,2-8H2,1H3,(H,13,16)(H,14,15);1H. The molecule has 106 valence electrons. The van der Waals surface area contributed by atoms with E-state index in [2.05, 4.69) is 16.0 Å². The Balaban J connectivity index is 0.00000289. The van der Waals surface area contributed by atoms with E-state index in [0.29, 0.717) is 19.7 Å². The molecule has 1 unspecified atom stereocenters. The van der Waals surface area contributed by atoms with Gasteiger partial charge in [0.2, 0.25) is 11.8 Å². The summed E-state index contributed by atoms with van der Waals surface area (Å²) in [7, 11) is 1.61. The maximum Gasteiger partial charge on any atom is 0.242 e. The van der Waals surface area contributed by atoms with E-state index in [9.17, 15) is 9.59 Å². The lowest BCUT2D eigenvalue weighted by Crippen LogP contribution is -2.48. The van der Waals surface area contributed by atoms with Crippen molar-refractivity contribution in [2.75, 3.05) is 33.4 Å². The molecule has 1 rings (SSSR count). The Morgan fingerprint density at radius 2 is 2.28 bits per heavy atom. The first-order valence-corrected chi connectivity index (χ1v) is 6.00. The summed E-state index contributed by atoms with van der Waals surface area (Å²) in [6.07, 6.45) is 2.65. The highest BCUT2D eigenvalue weighted by molar-refractivity contribution is 5.88. The molecule has 6 nitrogen and oxygen atoms in total. The fraction of sp³-hybridized carbons (Fsp3) is 0.818. The molecule has 0 radical (unpaired) electrons. The molecule has 0 aromatic carbocycles. The van der Waals surface area contributed by atoms with Crippen LogP contribution in [-0.2, 0) is 14.3 Å². The topological polar surface area (TPSA) is 79.5 Å². The Bertz CT molecular complexity index is 264. The van der Waals surface area contributed by atoms with Crippen LogP contribution in [0.4, 0.5) is 0 Å². The zero-order valence-corrected chi connectivity index (χ0v) is 11.5. The van der Waals surface area contributed by atoms with Gasteiger partial charge in [-0.15, -0.1) is 12.4 Å². The maximum atomic E-state index is 11.6. The highest BCUT2D eigenvalue weighted by Gasteiger charge is 2.21. The van der Waals surface area contributed by atoms with Crippen LogP contribution in [0.1, 0.15) is 19.3 Å². The summed E-state index contributed by atoms with van der Waals surface area (Å²) in [6, 6.07) is -0.380. The Hall–Kier alpha value is -0.850. The Morgan fingerprint density at radius 3 is 3.00 bits per heavy atom. The van der Waals surface area contributed by atoms with Gasteiger partial charge in [-0.1, -0.05) is 0 Å². The fourth-order valence-electron chi connectivity index (χ4n) is 1.70. The van der Waals surface area contributed by atoms with Crippen molar-refractivity contribution >= 4 is 24.2 Å². The lowest BCUT2D eigenvalue weighted by atomic mass is 10.1. The van der Waals surface area contributed by atoms with Crippen molar-refractivity contribution in [1.82, 2.24) is 16.0 Å². The second kappa shape index (κ2) is 10.1. The molecule has 0 bridgehead atoms. The largest absolute Gasteiger partial charge is 0.383 e. The highest BCUT2D eigenvalue weighted by Crippen LogP contribution is 2.04. The number of rotatable bonds is 6. The fourth-order valence-corrected chi connectivity index (χ4v) is 1.70. The molecule has 0 aromatic rings. The minimum absolute atomic E-state index is 0. The maximum absolute atomic E-state index is 11.6. The lowest BCUT2D eigenvalue weighted by molar-refractivity contribution is -0.128. The number of halogens is 1. The highest BCUT2D eigenvalue weighted by atomic mass is 35.5. The van der Waals surface area contributed by atoms with Crippen LogP contribution in [0.5, 0.6) is 0 Å². The summed E-state index contributed by atoms with van der Waals surface area (Å²) >= 11 is 0. The van der Waals surface area contributed by atoms with E-state index in [4.69, 9.17) is 4.74 Å². The smallest absolute Gasteiger partial charge is 0.242 e. The number of carbonyl (C=O) groups is 2. The lowest BCUT2D eigenvalue weighted by Gasteiger charge is -2.15. The van der Waals surface area contributed by atoms with E-state index < -0.39 is 0 Å². The van der Waals surface area contributed by atoms with Crippen LogP contribution < -0.4 is 16.0 Å². The first-order valence-electron chi connectivity index (χ1n) is 6.00. The third-order valence-corrected chi connectivity index (χ3v) is 2.64. The first kappa shape index (κ1) is 17.2. The molecule has 18 heavy (non-hydrogen) atoms. The van der Waals surface area contributed by atoms with E-state index >= 15 is 0 Å². The average Bonchev–Trinajstić information content (AvgIpc) is 2.51. The van der Waals surface area contributed by atoms with Crippen molar-refractivity contribution in [3.05, 3.63) is 0 Å². The normalized spacial score (nSPS) is 19.4. The van der Waals surface area contributed by atoms with Crippen molar-refractivity contribution < 1.29 is 14.3 Å². The SMILES string of the molecule is COCCNCC(=O)NC1CCCCNC1=O.Cl. The molecule has 0 aliphatic carbocycles. The monoisotopic (exact) mass is 279 g/mol. The number of methoxy groups -OCH3 is 1. The molecule has 1 heterocycles. The minimum atomic E-state index is -0.380. The van der Waals surface area contributed by atoms with E-state index in [-0.39, 0.29) is 36.8 Å². The second-order valence-electron chi connectivity index (χ2n) is 4.08. The van der Waals surface area contributed by atoms with Crippen molar-refractivity contribution in [3.8, 4) is 0 Å². The molecule has 1 aliphatic rings. The summed E-state index contributed by atoms with van der Waals surface area (Å²) in [5.74, 6) is -0.226. The van der Waals surface area contributed by atoms with Gasteiger partial charge in [0, 0.05) is 20.2 Å². The zero-order chi connectivity index (χ0) is 12.5. The molecule has 0 spiro atoms. The van der Waals surface area contributed by atoms with Crippen molar-refractivity contribution in [2.45, 2.75) is 25.3 Å². The molecular formula is C11H22ClN3O3. The number of nitrogens with one attached hydrogen (secondary N) is 3. The van der Waals surface area contributed by atoms with Gasteiger partial charge < -0.3 is 20.7 Å². The van der Waals surface area contributed by atoms with E-state index in [0.717, 1.165) is 19.3 Å². The van der Waals surface area contributed by atoms with Gasteiger partial charge >= 0.3 is 0 Å². The number of amides is 2. The van der Waals surface area contributed by atoms with Crippen molar-refractivity contribution in [3.63, 3.8) is 0 Å². The van der Waals surface area contributed by atoms with Gasteiger partial charge in [0.05, 0.1) is 13.2 Å². The number of ether oxygens (including phenoxy) is 1. The molecule has 2 amide bonds.